The van der Waals surface area contributed by atoms with Gasteiger partial charge in [-0.1, -0.05) is 0 Å². The van der Waals surface area contributed by atoms with Gasteiger partial charge in [0.2, 0.25) is 6.04 Å². The Kier molecular flexibility index (Phi) is 2.60. The molecule has 3 N–H and O–H groups in total. The van der Waals surface area contributed by atoms with Crippen molar-refractivity contribution in [1.29, 1.82) is 0 Å². The Bertz CT molecular complexity index is 389. The largest absolute Gasteiger partial charge is 0.508 e. The third kappa shape index (κ3) is 1.80. The topological polar surface area (TPSA) is 63.1 Å². The second kappa shape index (κ2) is 3.90. The number of hydrogen-bond donors (Lipinski definition) is 2. The van der Waals surface area contributed by atoms with E-state index in [1.807, 2.05) is 5.32 Å². The molecule has 1 aromatic carbocycles. The van der Waals surface area contributed by atoms with Gasteiger partial charge in [-0.2, -0.15) is 0 Å². The fraction of sp³-hybridized carbons (Fsp3) is 0.364. The molecule has 0 fully saturated rings. The van der Waals surface area contributed by atoms with Gasteiger partial charge in [-0.05, 0) is 23.8 Å². The van der Waals surface area contributed by atoms with Crippen molar-refractivity contribution in [2.45, 2.75) is 12.5 Å². The van der Waals surface area contributed by atoms with Crippen molar-refractivity contribution in [2.24, 2.45) is 0 Å². The highest BCUT2D eigenvalue weighted by Crippen LogP contribution is 2.23. The fourth-order valence-electron chi connectivity index (χ4n) is 1.99. The van der Waals surface area contributed by atoms with Gasteiger partial charge in [-0.15, -0.1) is 0 Å². The van der Waals surface area contributed by atoms with Gasteiger partial charge in [0.05, 0.1) is 13.7 Å². The molecule has 0 saturated heterocycles. The van der Waals surface area contributed by atoms with E-state index in [0.29, 0.717) is 0 Å². The maximum absolute atomic E-state index is 11.5. The van der Waals surface area contributed by atoms with Gasteiger partial charge in [0.25, 0.3) is 0 Å². The molecule has 15 heavy (non-hydrogen) atoms. The first kappa shape index (κ1) is 9.98. The summed E-state index contributed by atoms with van der Waals surface area (Å²) in [5.41, 5.74) is 1.99. The number of aromatic hydroxyl groups is 1. The molecule has 80 valence electrons. The van der Waals surface area contributed by atoms with Crippen LogP contribution in [0, 0.1) is 0 Å². The molecule has 0 radical (unpaired) electrons. The number of fused-ring (bicyclic) bond motifs is 1. The smallest absolute Gasteiger partial charge is 0.369 e. The first-order valence-corrected chi connectivity index (χ1v) is 4.95. The van der Waals surface area contributed by atoms with Crippen LogP contribution in [-0.2, 0) is 16.0 Å². The predicted molar refractivity (Wildman–Crippen MR) is 53.4 cm³/mol. The number of phenols is 1. The predicted octanol–water partition coefficient (Wildman–Crippen LogP) is -0.274. The Hall–Kier alpha value is -1.55. The van der Waals surface area contributed by atoms with Crippen LogP contribution in [0.3, 0.4) is 0 Å². The minimum atomic E-state index is -0.278. The van der Waals surface area contributed by atoms with Crippen molar-refractivity contribution in [3.05, 3.63) is 29.3 Å². The molecule has 1 heterocycles. The zero-order valence-electron chi connectivity index (χ0n) is 8.56. The lowest BCUT2D eigenvalue weighted by molar-refractivity contribution is -0.687. The average Bonchev–Trinajstić information content (AvgIpc) is 2.26. The summed E-state index contributed by atoms with van der Waals surface area (Å²) in [6.45, 7) is 0.843. The Morgan fingerprint density at radius 2 is 2.40 bits per heavy atom. The number of benzene rings is 1. The Morgan fingerprint density at radius 3 is 3.13 bits per heavy atom. The standard InChI is InChI=1S/C11H13NO3/c1-15-11(14)10-9-3-2-8(13)6-7(9)4-5-12-10/h2-3,6,10,12-13H,4-5H2,1H3/p+1/t10-/m0/s1. The molecule has 0 aromatic heterocycles. The van der Waals surface area contributed by atoms with Crippen LogP contribution >= 0.6 is 0 Å². The van der Waals surface area contributed by atoms with Crippen molar-refractivity contribution in [3.63, 3.8) is 0 Å². The summed E-state index contributed by atoms with van der Waals surface area (Å²) in [6, 6.07) is 4.84. The van der Waals surface area contributed by atoms with E-state index in [2.05, 4.69) is 0 Å². The average molecular weight is 208 g/mol. The summed E-state index contributed by atoms with van der Waals surface area (Å²) in [5, 5.41) is 11.3. The van der Waals surface area contributed by atoms with E-state index in [1.54, 1.807) is 18.2 Å². The lowest BCUT2D eigenvalue weighted by Crippen LogP contribution is -2.88. The number of ether oxygens (including phenoxy) is 1. The van der Waals surface area contributed by atoms with E-state index in [1.165, 1.54) is 7.11 Å². The van der Waals surface area contributed by atoms with E-state index in [9.17, 15) is 9.90 Å². The van der Waals surface area contributed by atoms with Gasteiger partial charge in [-0.25, -0.2) is 4.79 Å². The van der Waals surface area contributed by atoms with Crippen LogP contribution in [-0.4, -0.2) is 24.7 Å². The van der Waals surface area contributed by atoms with Crippen LogP contribution in [0.15, 0.2) is 18.2 Å². The van der Waals surface area contributed by atoms with Gasteiger partial charge in [0, 0.05) is 12.0 Å². The zero-order chi connectivity index (χ0) is 10.8. The minimum Gasteiger partial charge on any atom is -0.508 e. The Labute approximate surface area is 87.9 Å². The molecule has 0 spiro atoms. The molecule has 1 aliphatic heterocycles. The maximum atomic E-state index is 11.5. The highest BCUT2D eigenvalue weighted by molar-refractivity contribution is 5.76. The molecule has 0 saturated carbocycles. The molecule has 1 atom stereocenters. The first-order chi connectivity index (χ1) is 7.22. The number of methoxy groups -OCH3 is 1. The number of carbonyl (C=O) groups is 1. The van der Waals surface area contributed by atoms with Crippen LogP contribution in [0.2, 0.25) is 0 Å². The van der Waals surface area contributed by atoms with Crippen LogP contribution in [0.25, 0.3) is 0 Å². The summed E-state index contributed by atoms with van der Waals surface area (Å²) in [4.78, 5) is 11.5. The normalized spacial score (nSPS) is 19.4. The summed E-state index contributed by atoms with van der Waals surface area (Å²) in [6.07, 6.45) is 0.872. The molecular formula is C11H14NO3+. The van der Waals surface area contributed by atoms with E-state index >= 15 is 0 Å². The number of quaternary nitrogens is 1. The quantitative estimate of drug-likeness (QED) is 0.624. The van der Waals surface area contributed by atoms with Gasteiger partial charge < -0.3 is 15.2 Å². The van der Waals surface area contributed by atoms with E-state index < -0.39 is 0 Å². The third-order valence-corrected chi connectivity index (χ3v) is 2.73. The molecule has 0 bridgehead atoms. The maximum Gasteiger partial charge on any atom is 0.369 e. The lowest BCUT2D eigenvalue weighted by Gasteiger charge is -2.21. The SMILES string of the molecule is COC(=O)[C@H]1[NH2+]CCc2cc(O)ccc21. The molecule has 4 nitrogen and oxygen atoms in total. The van der Waals surface area contributed by atoms with Gasteiger partial charge >= 0.3 is 5.97 Å². The van der Waals surface area contributed by atoms with Gasteiger partial charge in [-0.3, -0.25) is 0 Å². The Morgan fingerprint density at radius 1 is 1.60 bits per heavy atom. The van der Waals surface area contributed by atoms with E-state index in [-0.39, 0.29) is 17.8 Å². The molecule has 0 unspecified atom stereocenters. The third-order valence-electron chi connectivity index (χ3n) is 2.73. The van der Waals surface area contributed by atoms with Crippen molar-refractivity contribution in [2.75, 3.05) is 13.7 Å². The lowest BCUT2D eigenvalue weighted by atomic mass is 9.94. The van der Waals surface area contributed by atoms with Crippen molar-refractivity contribution in [1.82, 2.24) is 0 Å². The van der Waals surface area contributed by atoms with Crippen LogP contribution in [0.1, 0.15) is 17.2 Å². The first-order valence-electron chi connectivity index (χ1n) is 4.95. The number of nitrogens with two attached hydrogens (primary N) is 1. The second-order valence-corrected chi connectivity index (χ2v) is 3.66. The molecule has 2 rings (SSSR count). The molecule has 1 aliphatic rings. The van der Waals surface area contributed by atoms with E-state index in [0.717, 1.165) is 24.1 Å². The number of carbonyl (C=O) groups excluding carboxylic acids is 1. The van der Waals surface area contributed by atoms with Crippen LogP contribution < -0.4 is 5.32 Å². The van der Waals surface area contributed by atoms with Crippen molar-refractivity contribution >= 4 is 5.97 Å². The molecule has 4 heteroatoms. The Balaban J connectivity index is 2.38. The van der Waals surface area contributed by atoms with Gasteiger partial charge in [0.1, 0.15) is 5.75 Å². The summed E-state index contributed by atoms with van der Waals surface area (Å²) >= 11 is 0. The number of phenolic OH excluding ortho intramolecular Hbond substituents is 1. The highest BCUT2D eigenvalue weighted by atomic mass is 16.5. The molecule has 1 aromatic rings. The van der Waals surface area contributed by atoms with E-state index in [4.69, 9.17) is 4.74 Å². The second-order valence-electron chi connectivity index (χ2n) is 3.66. The van der Waals surface area contributed by atoms with Crippen molar-refractivity contribution in [3.8, 4) is 5.75 Å². The minimum absolute atomic E-state index is 0.235. The van der Waals surface area contributed by atoms with Crippen LogP contribution in [0.4, 0.5) is 0 Å². The summed E-state index contributed by atoms with van der Waals surface area (Å²) in [5.74, 6) is 0.0147. The van der Waals surface area contributed by atoms with Gasteiger partial charge in [0.15, 0.2) is 0 Å². The van der Waals surface area contributed by atoms with Crippen LogP contribution in [0.5, 0.6) is 5.75 Å². The highest BCUT2D eigenvalue weighted by Gasteiger charge is 2.30. The summed E-state index contributed by atoms with van der Waals surface area (Å²) < 4.78 is 4.74. The monoisotopic (exact) mass is 208 g/mol. The number of hydrogen-bond acceptors (Lipinski definition) is 3. The zero-order valence-corrected chi connectivity index (χ0v) is 8.56. The molecule has 0 aliphatic carbocycles. The van der Waals surface area contributed by atoms with Crippen molar-refractivity contribution < 1.29 is 20.0 Å². The fourth-order valence-corrected chi connectivity index (χ4v) is 1.99. The number of rotatable bonds is 1. The molecule has 0 amide bonds. The number of esters is 1. The summed E-state index contributed by atoms with van der Waals surface area (Å²) in [7, 11) is 1.39. The molecular weight excluding hydrogens is 194 g/mol.